The van der Waals surface area contributed by atoms with Crippen molar-refractivity contribution in [2.24, 2.45) is 5.92 Å². The second kappa shape index (κ2) is 3.14. The number of alkyl halides is 3. The molecule has 1 atom stereocenters. The second-order valence-corrected chi connectivity index (χ2v) is 4.21. The first-order valence-corrected chi connectivity index (χ1v) is 4.52. The number of nitrogens with zero attached hydrogens (tertiary/aromatic N) is 1. The van der Waals surface area contributed by atoms with Crippen LogP contribution < -0.4 is 0 Å². The summed E-state index contributed by atoms with van der Waals surface area (Å²) >= 11 is 0. The zero-order valence-electron chi connectivity index (χ0n) is 8.48. The first-order valence-electron chi connectivity index (χ1n) is 4.52. The predicted octanol–water partition coefficient (Wildman–Crippen LogP) is 2.20. The fourth-order valence-electron chi connectivity index (χ4n) is 2.22. The highest BCUT2D eigenvalue weighted by atomic mass is 19.4. The van der Waals surface area contributed by atoms with Crippen LogP contribution in [0.5, 0.6) is 0 Å². The van der Waals surface area contributed by atoms with Crippen molar-refractivity contribution in [3.63, 3.8) is 0 Å². The number of likely N-dealkylation sites (tertiary alicyclic amines) is 1. The van der Waals surface area contributed by atoms with Crippen molar-refractivity contribution in [2.75, 3.05) is 6.54 Å². The van der Waals surface area contributed by atoms with Gasteiger partial charge < -0.3 is 4.90 Å². The summed E-state index contributed by atoms with van der Waals surface area (Å²) in [5.41, 5.74) is -1.11. The Hall–Kier alpha value is -0.740. The molecular formula is C9H14F3NO. The molecule has 0 N–H and O–H groups in total. The first kappa shape index (κ1) is 11.3. The molecule has 0 bridgehead atoms. The zero-order chi connectivity index (χ0) is 11.1. The minimum Gasteiger partial charge on any atom is -0.337 e. The number of rotatable bonds is 0. The lowest BCUT2D eigenvalue weighted by atomic mass is 9.88. The lowest BCUT2D eigenvalue weighted by Gasteiger charge is -2.36. The molecular weight excluding hydrogens is 195 g/mol. The van der Waals surface area contributed by atoms with E-state index in [0.717, 1.165) is 0 Å². The molecule has 1 aliphatic rings. The molecule has 0 aromatic rings. The maximum atomic E-state index is 12.6. The number of hydrogen-bond acceptors (Lipinski definition) is 1. The van der Waals surface area contributed by atoms with Gasteiger partial charge in [0.2, 0.25) is 5.91 Å². The number of carbonyl (C=O) groups is 1. The van der Waals surface area contributed by atoms with Gasteiger partial charge in [0.1, 0.15) is 0 Å². The molecule has 1 aliphatic heterocycles. The van der Waals surface area contributed by atoms with E-state index in [1.807, 2.05) is 0 Å². The summed E-state index contributed by atoms with van der Waals surface area (Å²) in [6.45, 7) is 4.45. The van der Waals surface area contributed by atoms with Gasteiger partial charge in [-0.15, -0.1) is 0 Å². The van der Waals surface area contributed by atoms with Gasteiger partial charge in [0.05, 0.1) is 5.92 Å². The second-order valence-electron chi connectivity index (χ2n) is 4.21. The summed E-state index contributed by atoms with van der Waals surface area (Å²) in [7, 11) is 0. The molecule has 0 aromatic heterocycles. The molecule has 1 fully saturated rings. The van der Waals surface area contributed by atoms with Crippen LogP contribution in [0.15, 0.2) is 0 Å². The third kappa shape index (κ3) is 1.72. The van der Waals surface area contributed by atoms with E-state index in [0.29, 0.717) is 0 Å². The van der Waals surface area contributed by atoms with Crippen LogP contribution in [0.2, 0.25) is 0 Å². The summed E-state index contributed by atoms with van der Waals surface area (Å²) < 4.78 is 37.7. The molecule has 1 amide bonds. The van der Waals surface area contributed by atoms with Gasteiger partial charge in [-0.3, -0.25) is 4.79 Å². The van der Waals surface area contributed by atoms with Gasteiger partial charge in [0, 0.05) is 19.0 Å². The van der Waals surface area contributed by atoms with Crippen molar-refractivity contribution in [3.8, 4) is 0 Å². The van der Waals surface area contributed by atoms with Crippen molar-refractivity contribution in [1.82, 2.24) is 4.90 Å². The highest BCUT2D eigenvalue weighted by Crippen LogP contribution is 2.44. The average Bonchev–Trinajstić information content (AvgIpc) is 2.22. The SMILES string of the molecule is CC(=O)N1CCC(C(F)(F)F)C1(C)C. The van der Waals surface area contributed by atoms with Gasteiger partial charge in [0.15, 0.2) is 0 Å². The Kier molecular flexibility index (Phi) is 2.54. The quantitative estimate of drug-likeness (QED) is 0.599. The van der Waals surface area contributed by atoms with E-state index in [-0.39, 0.29) is 18.9 Å². The molecule has 0 aliphatic carbocycles. The third-order valence-corrected chi connectivity index (χ3v) is 2.97. The van der Waals surface area contributed by atoms with Crippen molar-refractivity contribution < 1.29 is 18.0 Å². The van der Waals surface area contributed by atoms with Crippen LogP contribution in [-0.4, -0.2) is 29.1 Å². The number of halogens is 3. The molecule has 0 saturated carbocycles. The molecule has 5 heteroatoms. The van der Waals surface area contributed by atoms with E-state index in [1.54, 1.807) is 0 Å². The maximum Gasteiger partial charge on any atom is 0.394 e. The van der Waals surface area contributed by atoms with Gasteiger partial charge in [-0.1, -0.05) is 0 Å². The summed E-state index contributed by atoms with van der Waals surface area (Å²) in [6.07, 6.45) is -4.20. The van der Waals surface area contributed by atoms with E-state index < -0.39 is 17.6 Å². The Morgan fingerprint density at radius 2 is 1.93 bits per heavy atom. The summed E-state index contributed by atoms with van der Waals surface area (Å²) in [4.78, 5) is 12.4. The van der Waals surface area contributed by atoms with Crippen LogP contribution in [-0.2, 0) is 4.79 Å². The lowest BCUT2D eigenvalue weighted by molar-refractivity contribution is -0.192. The molecule has 1 unspecified atom stereocenters. The van der Waals surface area contributed by atoms with Crippen LogP contribution in [0.25, 0.3) is 0 Å². The maximum absolute atomic E-state index is 12.6. The number of amides is 1. The van der Waals surface area contributed by atoms with Crippen molar-refractivity contribution in [1.29, 1.82) is 0 Å². The minimum absolute atomic E-state index is 0.0100. The first-order chi connectivity index (χ1) is 6.17. The highest BCUT2D eigenvalue weighted by molar-refractivity contribution is 5.74. The van der Waals surface area contributed by atoms with Gasteiger partial charge in [-0.2, -0.15) is 13.2 Å². The molecule has 82 valence electrons. The van der Waals surface area contributed by atoms with Gasteiger partial charge in [0.25, 0.3) is 0 Å². The minimum atomic E-state index is -4.21. The van der Waals surface area contributed by atoms with E-state index >= 15 is 0 Å². The smallest absolute Gasteiger partial charge is 0.337 e. The topological polar surface area (TPSA) is 20.3 Å². The molecule has 0 aromatic carbocycles. The van der Waals surface area contributed by atoms with Crippen LogP contribution >= 0.6 is 0 Å². The Morgan fingerprint density at radius 3 is 2.14 bits per heavy atom. The molecule has 14 heavy (non-hydrogen) atoms. The van der Waals surface area contributed by atoms with Gasteiger partial charge in [-0.05, 0) is 20.3 Å². The van der Waals surface area contributed by atoms with Gasteiger partial charge in [-0.25, -0.2) is 0 Å². The lowest BCUT2D eigenvalue weighted by Crippen LogP contribution is -2.49. The Balaban J connectivity index is 2.92. The van der Waals surface area contributed by atoms with Crippen LogP contribution in [0, 0.1) is 5.92 Å². The standard InChI is InChI=1S/C9H14F3NO/c1-6(14)13-5-4-7(8(13,2)3)9(10,11)12/h7H,4-5H2,1-3H3. The number of carbonyl (C=O) groups excluding carboxylic acids is 1. The molecule has 0 radical (unpaired) electrons. The van der Waals surface area contributed by atoms with Crippen molar-refractivity contribution in [3.05, 3.63) is 0 Å². The van der Waals surface area contributed by atoms with E-state index in [1.165, 1.54) is 25.7 Å². The zero-order valence-corrected chi connectivity index (χ0v) is 8.48. The van der Waals surface area contributed by atoms with Crippen molar-refractivity contribution in [2.45, 2.75) is 38.9 Å². The van der Waals surface area contributed by atoms with Crippen LogP contribution in [0.3, 0.4) is 0 Å². The monoisotopic (exact) mass is 209 g/mol. The predicted molar refractivity (Wildman–Crippen MR) is 45.6 cm³/mol. The number of hydrogen-bond donors (Lipinski definition) is 0. The van der Waals surface area contributed by atoms with E-state index in [9.17, 15) is 18.0 Å². The Bertz CT molecular complexity index is 247. The summed E-state index contributed by atoms with van der Waals surface area (Å²) in [6, 6.07) is 0. The fourth-order valence-corrected chi connectivity index (χ4v) is 2.22. The van der Waals surface area contributed by atoms with E-state index in [2.05, 4.69) is 0 Å². The molecule has 1 rings (SSSR count). The van der Waals surface area contributed by atoms with E-state index in [4.69, 9.17) is 0 Å². The van der Waals surface area contributed by atoms with Crippen molar-refractivity contribution >= 4 is 5.91 Å². The van der Waals surface area contributed by atoms with Gasteiger partial charge >= 0.3 is 6.18 Å². The molecule has 1 saturated heterocycles. The molecule has 0 spiro atoms. The highest BCUT2D eigenvalue weighted by Gasteiger charge is 2.55. The molecule has 2 nitrogen and oxygen atoms in total. The summed E-state index contributed by atoms with van der Waals surface area (Å²) in [5.74, 6) is -1.69. The van der Waals surface area contributed by atoms with Crippen LogP contribution in [0.1, 0.15) is 27.2 Å². The average molecular weight is 209 g/mol. The Morgan fingerprint density at radius 1 is 1.43 bits per heavy atom. The normalized spacial score (nSPS) is 26.7. The Labute approximate surface area is 81.1 Å². The fraction of sp³-hybridized carbons (Fsp3) is 0.889. The molecule has 1 heterocycles. The third-order valence-electron chi connectivity index (χ3n) is 2.97. The van der Waals surface area contributed by atoms with Crippen LogP contribution in [0.4, 0.5) is 13.2 Å². The largest absolute Gasteiger partial charge is 0.394 e. The summed E-state index contributed by atoms with van der Waals surface area (Å²) in [5, 5.41) is 0.